The van der Waals surface area contributed by atoms with E-state index in [2.05, 4.69) is 33.9 Å². The molecule has 0 radical (unpaired) electrons. The first-order chi connectivity index (χ1) is 7.78. The summed E-state index contributed by atoms with van der Waals surface area (Å²) in [5.41, 5.74) is -0.345. The normalized spacial score (nSPS) is 47.8. The van der Waals surface area contributed by atoms with Gasteiger partial charge >= 0.3 is 0 Å². The predicted octanol–water partition coefficient (Wildman–Crippen LogP) is 3.94. The van der Waals surface area contributed by atoms with E-state index in [1.54, 1.807) is 6.08 Å². The third-order valence-electron chi connectivity index (χ3n) is 5.44. The van der Waals surface area contributed by atoms with Crippen molar-refractivity contribution in [3.05, 3.63) is 25.3 Å². The minimum Gasteiger partial charge on any atom is -0.385 e. The minimum absolute atomic E-state index is 0.0745. The zero-order valence-corrected chi connectivity index (χ0v) is 11.5. The van der Waals surface area contributed by atoms with Crippen LogP contribution in [-0.2, 0) is 0 Å². The second-order valence-corrected chi connectivity index (χ2v) is 7.18. The molecule has 96 valence electrons. The second-order valence-electron chi connectivity index (χ2n) is 7.18. The molecule has 0 amide bonds. The number of hydrogen-bond donors (Lipinski definition) is 1. The van der Waals surface area contributed by atoms with Crippen LogP contribution in [0.15, 0.2) is 25.3 Å². The lowest BCUT2D eigenvalue weighted by atomic mass is 9.66. The molecule has 0 aromatic rings. The molecule has 1 nitrogen and oxygen atoms in total. The topological polar surface area (TPSA) is 20.2 Å². The fraction of sp³-hybridized carbons (Fsp3) is 0.750. The smallest absolute Gasteiger partial charge is 0.0886 e. The van der Waals surface area contributed by atoms with E-state index in [0.717, 1.165) is 12.8 Å². The van der Waals surface area contributed by atoms with Gasteiger partial charge in [0, 0.05) is 5.41 Å². The summed E-state index contributed by atoms with van der Waals surface area (Å²) in [4.78, 5) is 0. The lowest BCUT2D eigenvalue weighted by Gasteiger charge is -2.41. The van der Waals surface area contributed by atoms with Gasteiger partial charge in [0.15, 0.2) is 0 Å². The Labute approximate surface area is 106 Å². The lowest BCUT2D eigenvalue weighted by molar-refractivity contribution is -0.0321. The Morgan fingerprint density at radius 2 is 1.82 bits per heavy atom. The largest absolute Gasteiger partial charge is 0.385 e. The highest BCUT2D eigenvalue weighted by Crippen LogP contribution is 2.65. The molecule has 2 aliphatic rings. The standard InChI is InChI=1S/C16H26O/c1-6-8-15(5)13-11-14(3,4)9-12(13)10-16(15,17)7-2/h6-7,12-13,17H,1-2,8-11H2,3-5H3/t12-,13-,15+,16+/m1/s1. The number of aliphatic hydroxyl groups is 1. The Balaban J connectivity index is 2.36. The second kappa shape index (κ2) is 3.71. The molecular formula is C16H26O. The van der Waals surface area contributed by atoms with Crippen molar-refractivity contribution in [2.24, 2.45) is 22.7 Å². The van der Waals surface area contributed by atoms with E-state index in [1.165, 1.54) is 12.8 Å². The van der Waals surface area contributed by atoms with Gasteiger partial charge in [-0.15, -0.1) is 13.2 Å². The van der Waals surface area contributed by atoms with Gasteiger partial charge in [-0.2, -0.15) is 0 Å². The summed E-state index contributed by atoms with van der Waals surface area (Å²) in [5, 5.41) is 10.9. The summed E-state index contributed by atoms with van der Waals surface area (Å²) in [6, 6.07) is 0. The molecule has 0 aromatic heterocycles. The van der Waals surface area contributed by atoms with Crippen molar-refractivity contribution in [3.63, 3.8) is 0 Å². The first-order valence-electron chi connectivity index (χ1n) is 6.75. The van der Waals surface area contributed by atoms with Gasteiger partial charge in [0.05, 0.1) is 5.60 Å². The van der Waals surface area contributed by atoms with Gasteiger partial charge in [0.1, 0.15) is 0 Å². The van der Waals surface area contributed by atoms with Crippen LogP contribution in [-0.4, -0.2) is 10.7 Å². The summed E-state index contributed by atoms with van der Waals surface area (Å²) in [6.45, 7) is 14.7. The van der Waals surface area contributed by atoms with E-state index in [1.807, 2.05) is 6.08 Å². The van der Waals surface area contributed by atoms with Crippen molar-refractivity contribution in [1.82, 2.24) is 0 Å². The first-order valence-corrected chi connectivity index (χ1v) is 6.75. The summed E-state index contributed by atoms with van der Waals surface area (Å²) >= 11 is 0. The fourth-order valence-corrected chi connectivity index (χ4v) is 4.56. The van der Waals surface area contributed by atoms with Gasteiger partial charge in [0.2, 0.25) is 0 Å². The Kier molecular flexibility index (Phi) is 2.82. The van der Waals surface area contributed by atoms with Crippen molar-refractivity contribution >= 4 is 0 Å². The SMILES string of the molecule is C=CC[C@@]1(C)[C@@H]2CC(C)(C)C[C@@H]2C[C@@]1(O)C=C. The van der Waals surface area contributed by atoms with Gasteiger partial charge in [-0.1, -0.05) is 32.9 Å². The van der Waals surface area contributed by atoms with Gasteiger partial charge in [-0.05, 0) is 42.9 Å². The fourth-order valence-electron chi connectivity index (χ4n) is 4.56. The highest BCUT2D eigenvalue weighted by atomic mass is 16.3. The predicted molar refractivity (Wildman–Crippen MR) is 72.7 cm³/mol. The van der Waals surface area contributed by atoms with Crippen molar-refractivity contribution < 1.29 is 5.11 Å². The van der Waals surface area contributed by atoms with Crippen LogP contribution in [0.25, 0.3) is 0 Å². The van der Waals surface area contributed by atoms with E-state index in [-0.39, 0.29) is 5.41 Å². The molecule has 2 saturated carbocycles. The van der Waals surface area contributed by atoms with Crippen LogP contribution in [0.5, 0.6) is 0 Å². The number of rotatable bonds is 3. The molecule has 1 N–H and O–H groups in total. The minimum atomic E-state index is -0.701. The Morgan fingerprint density at radius 1 is 1.18 bits per heavy atom. The van der Waals surface area contributed by atoms with Crippen molar-refractivity contribution in [3.8, 4) is 0 Å². The average Bonchev–Trinajstić information content (AvgIpc) is 2.61. The first kappa shape index (κ1) is 12.9. The molecule has 0 bridgehead atoms. The van der Waals surface area contributed by atoms with Crippen LogP contribution in [0.2, 0.25) is 0 Å². The third-order valence-corrected chi connectivity index (χ3v) is 5.44. The summed E-state index contributed by atoms with van der Waals surface area (Å²) in [7, 11) is 0. The Morgan fingerprint density at radius 3 is 2.35 bits per heavy atom. The molecular weight excluding hydrogens is 208 g/mol. The molecule has 17 heavy (non-hydrogen) atoms. The van der Waals surface area contributed by atoms with Gasteiger partial charge in [-0.3, -0.25) is 0 Å². The highest BCUT2D eigenvalue weighted by Gasteiger charge is 2.62. The summed E-state index contributed by atoms with van der Waals surface area (Å²) < 4.78 is 0. The van der Waals surface area contributed by atoms with E-state index >= 15 is 0 Å². The molecule has 0 heterocycles. The number of allylic oxidation sites excluding steroid dienone is 1. The monoisotopic (exact) mass is 234 g/mol. The van der Waals surface area contributed by atoms with Crippen LogP contribution < -0.4 is 0 Å². The number of hydrogen-bond acceptors (Lipinski definition) is 1. The quantitative estimate of drug-likeness (QED) is 0.733. The zero-order chi connectivity index (χ0) is 12.9. The molecule has 1 heteroatoms. The summed E-state index contributed by atoms with van der Waals surface area (Å²) in [6.07, 6.45) is 7.96. The number of fused-ring (bicyclic) bond motifs is 1. The maximum Gasteiger partial charge on any atom is 0.0886 e. The summed E-state index contributed by atoms with van der Waals surface area (Å²) in [5.74, 6) is 1.26. The van der Waals surface area contributed by atoms with Gasteiger partial charge in [-0.25, -0.2) is 0 Å². The molecule has 0 aromatic carbocycles. The Bertz CT molecular complexity index is 343. The Hall–Kier alpha value is -0.560. The molecule has 0 aliphatic heterocycles. The van der Waals surface area contributed by atoms with Gasteiger partial charge < -0.3 is 5.11 Å². The third kappa shape index (κ3) is 1.71. The molecule has 2 rings (SSSR count). The molecule has 0 saturated heterocycles. The van der Waals surface area contributed by atoms with Gasteiger partial charge in [0.25, 0.3) is 0 Å². The van der Waals surface area contributed by atoms with Crippen LogP contribution in [0.3, 0.4) is 0 Å². The van der Waals surface area contributed by atoms with E-state index in [9.17, 15) is 5.11 Å². The zero-order valence-electron chi connectivity index (χ0n) is 11.5. The van der Waals surface area contributed by atoms with Crippen LogP contribution in [0.1, 0.15) is 46.5 Å². The molecule has 4 atom stereocenters. The maximum absolute atomic E-state index is 10.9. The van der Waals surface area contributed by atoms with E-state index in [4.69, 9.17) is 0 Å². The van der Waals surface area contributed by atoms with Crippen molar-refractivity contribution in [2.75, 3.05) is 0 Å². The average molecular weight is 234 g/mol. The van der Waals surface area contributed by atoms with Crippen LogP contribution in [0.4, 0.5) is 0 Å². The van der Waals surface area contributed by atoms with E-state index in [0.29, 0.717) is 17.3 Å². The molecule has 2 fully saturated rings. The highest BCUT2D eigenvalue weighted by molar-refractivity contribution is 5.20. The lowest BCUT2D eigenvalue weighted by Crippen LogP contribution is -2.43. The van der Waals surface area contributed by atoms with Crippen LogP contribution in [0, 0.1) is 22.7 Å². The molecule has 0 spiro atoms. The van der Waals surface area contributed by atoms with Crippen LogP contribution >= 0.6 is 0 Å². The molecule has 2 aliphatic carbocycles. The maximum atomic E-state index is 10.9. The van der Waals surface area contributed by atoms with Crippen molar-refractivity contribution in [2.45, 2.75) is 52.1 Å². The van der Waals surface area contributed by atoms with Crippen molar-refractivity contribution in [1.29, 1.82) is 0 Å². The molecule has 0 unspecified atom stereocenters. The van der Waals surface area contributed by atoms with E-state index < -0.39 is 5.60 Å².